The van der Waals surface area contributed by atoms with Crippen LogP contribution in [0.2, 0.25) is 0 Å². The second-order valence-corrected chi connectivity index (χ2v) is 2.12. The normalized spacial score (nSPS) is 9.50. The van der Waals surface area contributed by atoms with Gasteiger partial charge in [0.05, 0.1) is 7.11 Å². The maximum absolute atomic E-state index is 12.7. The Balaban J connectivity index is 3.04. The fraction of sp³-hybridized carbons (Fsp3) is 0.250. The summed E-state index contributed by atoms with van der Waals surface area (Å²) in [5.41, 5.74) is 0.640. The molecule has 0 heterocycles. The average molecular weight is 140 g/mol. The maximum Gasteiger partial charge on any atom is 0.129 e. The fourth-order valence-electron chi connectivity index (χ4n) is 0.701. The molecule has 0 saturated carbocycles. The zero-order chi connectivity index (χ0) is 7.56. The fourth-order valence-corrected chi connectivity index (χ4v) is 0.701. The van der Waals surface area contributed by atoms with Crippen LogP contribution in [-0.2, 0) is 0 Å². The predicted octanol–water partition coefficient (Wildman–Crippen LogP) is 2.14. The van der Waals surface area contributed by atoms with Crippen LogP contribution in [0.5, 0.6) is 5.75 Å². The molecule has 0 saturated heterocycles. The van der Waals surface area contributed by atoms with E-state index in [1.807, 2.05) is 0 Å². The number of methoxy groups -OCH3 is 1. The zero-order valence-electron chi connectivity index (χ0n) is 6.02. The molecule has 1 aromatic rings. The van der Waals surface area contributed by atoms with Crippen molar-refractivity contribution < 1.29 is 9.13 Å². The molecule has 0 aliphatic heterocycles. The number of benzene rings is 1. The first kappa shape index (κ1) is 7.06. The molecular weight excluding hydrogens is 131 g/mol. The summed E-state index contributed by atoms with van der Waals surface area (Å²) in [6.45, 7) is 1.72. The molecule has 0 N–H and O–H groups in total. The van der Waals surface area contributed by atoms with Crippen molar-refractivity contribution in [2.24, 2.45) is 0 Å². The van der Waals surface area contributed by atoms with Crippen LogP contribution < -0.4 is 4.74 Å². The van der Waals surface area contributed by atoms with Gasteiger partial charge in [0, 0.05) is 6.07 Å². The van der Waals surface area contributed by atoms with Crippen LogP contribution in [0.25, 0.3) is 0 Å². The topological polar surface area (TPSA) is 9.23 Å². The highest BCUT2D eigenvalue weighted by atomic mass is 19.1. The van der Waals surface area contributed by atoms with Gasteiger partial charge in [-0.15, -0.1) is 0 Å². The molecule has 1 rings (SSSR count). The molecule has 10 heavy (non-hydrogen) atoms. The van der Waals surface area contributed by atoms with Crippen LogP contribution in [-0.4, -0.2) is 7.11 Å². The Morgan fingerprint density at radius 2 is 2.10 bits per heavy atom. The summed E-state index contributed by atoms with van der Waals surface area (Å²) in [5.74, 6) is 0.336. The lowest BCUT2D eigenvalue weighted by molar-refractivity contribution is 0.411. The third-order valence-electron chi connectivity index (χ3n) is 1.38. The van der Waals surface area contributed by atoms with Crippen LogP contribution in [0.4, 0.5) is 4.39 Å². The van der Waals surface area contributed by atoms with Crippen LogP contribution in [0, 0.1) is 12.7 Å². The second-order valence-electron chi connectivity index (χ2n) is 2.12. The molecule has 0 aliphatic rings. The highest BCUT2D eigenvalue weighted by Gasteiger charge is 1.96. The summed E-state index contributed by atoms with van der Waals surface area (Å²) in [6.07, 6.45) is 0. The lowest BCUT2D eigenvalue weighted by Gasteiger charge is -1.99. The Morgan fingerprint density at radius 1 is 1.40 bits per heavy atom. The van der Waals surface area contributed by atoms with Gasteiger partial charge in [-0.3, -0.25) is 0 Å². The van der Waals surface area contributed by atoms with Crippen molar-refractivity contribution in [3.8, 4) is 5.75 Å². The molecule has 2 heteroatoms. The van der Waals surface area contributed by atoms with Crippen LogP contribution in [0.15, 0.2) is 18.2 Å². The number of ether oxygens (including phenoxy) is 1. The van der Waals surface area contributed by atoms with Gasteiger partial charge in [0.1, 0.15) is 11.6 Å². The minimum atomic E-state index is -0.223. The van der Waals surface area contributed by atoms with Gasteiger partial charge in [-0.05, 0) is 18.6 Å². The molecular formula is C8H9FO. The Kier molecular flexibility index (Phi) is 1.90. The minimum Gasteiger partial charge on any atom is -0.497 e. The first-order valence-corrected chi connectivity index (χ1v) is 3.04. The Morgan fingerprint density at radius 3 is 2.60 bits per heavy atom. The number of hydrogen-bond donors (Lipinski definition) is 0. The molecule has 1 aromatic carbocycles. The molecule has 0 aromatic heterocycles. The lowest BCUT2D eigenvalue weighted by atomic mass is 10.2. The maximum atomic E-state index is 12.7. The van der Waals surface area contributed by atoms with Gasteiger partial charge in [0.2, 0.25) is 0 Å². The van der Waals surface area contributed by atoms with E-state index in [2.05, 4.69) is 0 Å². The summed E-state index contributed by atoms with van der Waals surface area (Å²) in [7, 11) is 1.52. The number of halogens is 1. The van der Waals surface area contributed by atoms with Gasteiger partial charge in [-0.2, -0.15) is 0 Å². The summed E-state index contributed by atoms with van der Waals surface area (Å²) in [6, 6.07) is 4.79. The van der Waals surface area contributed by atoms with Crippen LogP contribution in [0.3, 0.4) is 0 Å². The molecule has 0 atom stereocenters. The summed E-state index contributed by atoms with van der Waals surface area (Å²) >= 11 is 0. The third-order valence-corrected chi connectivity index (χ3v) is 1.38. The highest BCUT2D eigenvalue weighted by Crippen LogP contribution is 2.14. The molecule has 0 unspecified atom stereocenters. The smallest absolute Gasteiger partial charge is 0.129 e. The minimum absolute atomic E-state index is 0.223. The Labute approximate surface area is 59.4 Å². The lowest BCUT2D eigenvalue weighted by Crippen LogP contribution is -1.85. The van der Waals surface area contributed by atoms with Crippen molar-refractivity contribution in [1.29, 1.82) is 0 Å². The van der Waals surface area contributed by atoms with E-state index in [4.69, 9.17) is 4.74 Å². The van der Waals surface area contributed by atoms with Gasteiger partial charge >= 0.3 is 0 Å². The van der Waals surface area contributed by atoms with Crippen molar-refractivity contribution in [1.82, 2.24) is 0 Å². The van der Waals surface area contributed by atoms with E-state index in [1.54, 1.807) is 19.1 Å². The van der Waals surface area contributed by atoms with Crippen molar-refractivity contribution in [2.45, 2.75) is 6.92 Å². The molecule has 0 fully saturated rings. The number of hydrogen-bond acceptors (Lipinski definition) is 1. The Bertz CT molecular complexity index is 233. The monoisotopic (exact) mass is 140 g/mol. The summed E-state index contributed by atoms with van der Waals surface area (Å²) in [4.78, 5) is 0. The standard InChI is InChI=1S/C8H9FO/c1-6-3-4-7(10-2)5-8(6)9/h3-5H,1-2H3. The molecule has 1 nitrogen and oxygen atoms in total. The zero-order valence-corrected chi connectivity index (χ0v) is 6.02. The number of aryl methyl sites for hydroxylation is 1. The molecule has 0 radical (unpaired) electrons. The molecule has 54 valence electrons. The first-order chi connectivity index (χ1) is 4.74. The highest BCUT2D eigenvalue weighted by molar-refractivity contribution is 5.27. The van der Waals surface area contributed by atoms with Gasteiger partial charge in [0.15, 0.2) is 0 Å². The van der Waals surface area contributed by atoms with Crippen molar-refractivity contribution in [3.05, 3.63) is 29.6 Å². The molecule has 0 aliphatic carbocycles. The van der Waals surface area contributed by atoms with E-state index in [1.165, 1.54) is 13.2 Å². The van der Waals surface area contributed by atoms with Crippen LogP contribution >= 0.6 is 0 Å². The van der Waals surface area contributed by atoms with Crippen molar-refractivity contribution >= 4 is 0 Å². The molecule has 0 spiro atoms. The first-order valence-electron chi connectivity index (χ1n) is 3.04. The van der Waals surface area contributed by atoms with Gasteiger partial charge in [-0.1, -0.05) is 6.07 Å². The SMILES string of the molecule is COc1ccc(C)c(F)c1. The summed E-state index contributed by atoms with van der Waals surface area (Å²) in [5, 5.41) is 0. The van der Waals surface area contributed by atoms with E-state index in [0.29, 0.717) is 11.3 Å². The van der Waals surface area contributed by atoms with E-state index in [9.17, 15) is 4.39 Å². The van der Waals surface area contributed by atoms with Crippen molar-refractivity contribution in [2.75, 3.05) is 7.11 Å². The average Bonchev–Trinajstić information content (AvgIpc) is 1.95. The molecule has 0 bridgehead atoms. The van der Waals surface area contributed by atoms with E-state index in [-0.39, 0.29) is 5.82 Å². The second kappa shape index (κ2) is 2.69. The van der Waals surface area contributed by atoms with Crippen LogP contribution in [0.1, 0.15) is 5.56 Å². The number of rotatable bonds is 1. The van der Waals surface area contributed by atoms with Gasteiger partial charge < -0.3 is 4.74 Å². The third kappa shape index (κ3) is 1.26. The van der Waals surface area contributed by atoms with Crippen molar-refractivity contribution in [3.63, 3.8) is 0 Å². The Hall–Kier alpha value is -1.05. The van der Waals surface area contributed by atoms with Gasteiger partial charge in [-0.25, -0.2) is 4.39 Å². The quantitative estimate of drug-likeness (QED) is 0.580. The largest absolute Gasteiger partial charge is 0.497 e. The van der Waals surface area contributed by atoms with E-state index < -0.39 is 0 Å². The van der Waals surface area contributed by atoms with E-state index >= 15 is 0 Å². The predicted molar refractivity (Wildman–Crippen MR) is 37.7 cm³/mol. The molecule has 0 amide bonds. The van der Waals surface area contributed by atoms with Gasteiger partial charge in [0.25, 0.3) is 0 Å². The summed E-state index contributed by atoms with van der Waals surface area (Å²) < 4.78 is 17.5. The van der Waals surface area contributed by atoms with E-state index in [0.717, 1.165) is 0 Å².